The second-order valence-electron chi connectivity index (χ2n) is 4.58. The Balaban J connectivity index is 1.83. The lowest BCUT2D eigenvalue weighted by atomic mass is 10.1. The van der Waals surface area contributed by atoms with Crippen LogP contribution >= 0.6 is 0 Å². The molecule has 0 bridgehead atoms. The largest absolute Gasteiger partial charge is 0.335 e. The van der Waals surface area contributed by atoms with Crippen molar-refractivity contribution in [1.29, 1.82) is 0 Å². The van der Waals surface area contributed by atoms with Gasteiger partial charge in [0.1, 0.15) is 5.82 Å². The summed E-state index contributed by atoms with van der Waals surface area (Å²) in [6.45, 7) is 3.27. The molecule has 0 amide bonds. The van der Waals surface area contributed by atoms with Crippen molar-refractivity contribution in [3.63, 3.8) is 0 Å². The molecule has 2 N–H and O–H groups in total. The Bertz CT molecular complexity index is 302. The molecule has 1 aliphatic rings. The third kappa shape index (κ3) is 2.81. The minimum absolute atomic E-state index is 0.400. The topological polar surface area (TPSA) is 43.8 Å². The lowest BCUT2D eigenvalue weighted by Gasteiger charge is -2.10. The van der Waals surface area contributed by atoms with Crippen molar-refractivity contribution in [1.82, 2.24) is 9.55 Å². The minimum atomic E-state index is 0.400. The fourth-order valence-electron chi connectivity index (χ4n) is 2.07. The van der Waals surface area contributed by atoms with Crippen LogP contribution in [-0.2, 0) is 13.0 Å². The van der Waals surface area contributed by atoms with Crippen LogP contribution in [0.15, 0.2) is 12.4 Å². The number of nitrogens with two attached hydrogens (primary N) is 1. The average molecular weight is 207 g/mol. The maximum atomic E-state index is 6.08. The summed E-state index contributed by atoms with van der Waals surface area (Å²) in [5, 5.41) is 0. The Morgan fingerprint density at radius 1 is 1.60 bits per heavy atom. The van der Waals surface area contributed by atoms with Crippen molar-refractivity contribution >= 4 is 0 Å². The second kappa shape index (κ2) is 4.79. The number of hydrogen-bond donors (Lipinski definition) is 1. The number of imidazole rings is 1. The molecule has 1 fully saturated rings. The van der Waals surface area contributed by atoms with Gasteiger partial charge in [-0.2, -0.15) is 0 Å². The highest BCUT2D eigenvalue weighted by molar-refractivity contribution is 4.94. The van der Waals surface area contributed by atoms with Crippen LogP contribution in [0.25, 0.3) is 0 Å². The first-order valence-corrected chi connectivity index (χ1v) is 6.07. The van der Waals surface area contributed by atoms with Gasteiger partial charge in [0.05, 0.1) is 0 Å². The zero-order valence-electron chi connectivity index (χ0n) is 9.52. The molecule has 1 unspecified atom stereocenters. The number of aryl methyl sites for hydroxylation is 2. The summed E-state index contributed by atoms with van der Waals surface area (Å²) in [5.74, 6) is 2.01. The van der Waals surface area contributed by atoms with E-state index >= 15 is 0 Å². The first-order valence-electron chi connectivity index (χ1n) is 6.07. The summed E-state index contributed by atoms with van der Waals surface area (Å²) < 4.78 is 2.25. The summed E-state index contributed by atoms with van der Waals surface area (Å²) >= 11 is 0. The Morgan fingerprint density at radius 2 is 2.40 bits per heavy atom. The monoisotopic (exact) mass is 207 g/mol. The van der Waals surface area contributed by atoms with Gasteiger partial charge >= 0.3 is 0 Å². The predicted molar refractivity (Wildman–Crippen MR) is 61.5 cm³/mol. The van der Waals surface area contributed by atoms with E-state index in [1.807, 2.05) is 6.20 Å². The zero-order valence-corrected chi connectivity index (χ0v) is 9.52. The molecule has 3 heteroatoms. The first kappa shape index (κ1) is 10.7. The molecule has 0 aromatic carbocycles. The van der Waals surface area contributed by atoms with Crippen molar-refractivity contribution < 1.29 is 0 Å². The molecule has 15 heavy (non-hydrogen) atoms. The van der Waals surface area contributed by atoms with Gasteiger partial charge in [0, 0.05) is 31.4 Å². The van der Waals surface area contributed by atoms with E-state index in [0.717, 1.165) is 31.7 Å². The average Bonchev–Trinajstić information content (AvgIpc) is 2.99. The van der Waals surface area contributed by atoms with Gasteiger partial charge < -0.3 is 10.3 Å². The number of nitrogens with zero attached hydrogens (tertiary/aromatic N) is 2. The maximum absolute atomic E-state index is 6.08. The summed E-state index contributed by atoms with van der Waals surface area (Å²) in [5.41, 5.74) is 6.08. The van der Waals surface area contributed by atoms with Crippen molar-refractivity contribution in [2.45, 2.75) is 51.6 Å². The van der Waals surface area contributed by atoms with E-state index in [-0.39, 0.29) is 0 Å². The Morgan fingerprint density at radius 3 is 3.07 bits per heavy atom. The third-order valence-corrected chi connectivity index (χ3v) is 3.20. The van der Waals surface area contributed by atoms with Crippen molar-refractivity contribution in [3.05, 3.63) is 18.2 Å². The van der Waals surface area contributed by atoms with Crippen LogP contribution in [0.3, 0.4) is 0 Å². The van der Waals surface area contributed by atoms with Crippen molar-refractivity contribution in [3.8, 4) is 0 Å². The van der Waals surface area contributed by atoms with Crippen LogP contribution in [-0.4, -0.2) is 15.6 Å². The fraction of sp³-hybridized carbons (Fsp3) is 0.750. The molecule has 2 rings (SSSR count). The summed E-state index contributed by atoms with van der Waals surface area (Å²) in [7, 11) is 0. The van der Waals surface area contributed by atoms with E-state index in [2.05, 4.69) is 22.7 Å². The van der Waals surface area contributed by atoms with E-state index in [9.17, 15) is 0 Å². The predicted octanol–water partition coefficient (Wildman–Crippen LogP) is 1.96. The molecule has 1 aliphatic carbocycles. The normalized spacial score (nSPS) is 18.0. The Labute approximate surface area is 91.7 Å². The molecular weight excluding hydrogens is 186 g/mol. The highest BCUT2D eigenvalue weighted by Gasteiger charge is 2.28. The maximum Gasteiger partial charge on any atom is 0.108 e. The van der Waals surface area contributed by atoms with Crippen LogP contribution in [0.4, 0.5) is 0 Å². The molecule has 1 aromatic heterocycles. The first-order chi connectivity index (χ1) is 7.31. The van der Waals surface area contributed by atoms with E-state index in [0.29, 0.717) is 6.04 Å². The molecule has 1 saturated carbocycles. The zero-order chi connectivity index (χ0) is 10.7. The smallest absolute Gasteiger partial charge is 0.108 e. The molecule has 0 spiro atoms. The fourth-order valence-corrected chi connectivity index (χ4v) is 2.07. The molecule has 0 saturated heterocycles. The minimum Gasteiger partial charge on any atom is -0.335 e. The molecule has 84 valence electrons. The number of aromatic nitrogens is 2. The van der Waals surface area contributed by atoms with E-state index in [4.69, 9.17) is 5.73 Å². The molecule has 1 atom stereocenters. The molecule has 0 aliphatic heterocycles. The quantitative estimate of drug-likeness (QED) is 0.775. The molecule has 3 nitrogen and oxygen atoms in total. The van der Waals surface area contributed by atoms with E-state index < -0.39 is 0 Å². The van der Waals surface area contributed by atoms with Gasteiger partial charge in [-0.15, -0.1) is 0 Å². The lowest BCUT2D eigenvalue weighted by molar-refractivity contribution is 0.527. The van der Waals surface area contributed by atoms with Crippen LogP contribution in [0.1, 0.15) is 38.4 Å². The van der Waals surface area contributed by atoms with Crippen molar-refractivity contribution in [2.75, 3.05) is 0 Å². The molecular formula is C12H21N3. The van der Waals surface area contributed by atoms with E-state index in [1.54, 1.807) is 0 Å². The summed E-state index contributed by atoms with van der Waals surface area (Å²) in [6, 6.07) is 0.400. The summed E-state index contributed by atoms with van der Waals surface area (Å²) in [6.07, 6.45) is 9.93. The van der Waals surface area contributed by atoms with Crippen LogP contribution < -0.4 is 5.73 Å². The van der Waals surface area contributed by atoms with Gasteiger partial charge in [-0.25, -0.2) is 4.98 Å². The van der Waals surface area contributed by atoms with Gasteiger partial charge in [-0.1, -0.05) is 6.92 Å². The van der Waals surface area contributed by atoms with Gasteiger partial charge in [0.25, 0.3) is 0 Å². The van der Waals surface area contributed by atoms with Gasteiger partial charge in [0.15, 0.2) is 0 Å². The lowest BCUT2D eigenvalue weighted by Crippen LogP contribution is -2.23. The van der Waals surface area contributed by atoms with Crippen LogP contribution in [0, 0.1) is 5.92 Å². The van der Waals surface area contributed by atoms with Gasteiger partial charge in [-0.3, -0.25) is 0 Å². The SMILES string of the molecule is CCCn1ccnc1CCC(N)C1CC1. The highest BCUT2D eigenvalue weighted by Crippen LogP contribution is 2.33. The van der Waals surface area contributed by atoms with Gasteiger partial charge in [-0.05, 0) is 31.6 Å². The van der Waals surface area contributed by atoms with Gasteiger partial charge in [0.2, 0.25) is 0 Å². The molecule has 0 radical (unpaired) electrons. The van der Waals surface area contributed by atoms with Crippen molar-refractivity contribution in [2.24, 2.45) is 11.7 Å². The third-order valence-electron chi connectivity index (χ3n) is 3.20. The van der Waals surface area contributed by atoms with Crippen LogP contribution in [0.2, 0.25) is 0 Å². The highest BCUT2D eigenvalue weighted by atomic mass is 15.1. The second-order valence-corrected chi connectivity index (χ2v) is 4.58. The standard InChI is InChI=1S/C12H21N3/c1-2-8-15-9-7-14-12(15)6-5-11(13)10-3-4-10/h7,9-11H,2-6,8,13H2,1H3. The molecule has 1 heterocycles. The Kier molecular flexibility index (Phi) is 3.41. The summed E-state index contributed by atoms with van der Waals surface area (Å²) in [4.78, 5) is 4.39. The Hall–Kier alpha value is -0.830. The number of rotatable bonds is 6. The van der Waals surface area contributed by atoms with E-state index in [1.165, 1.54) is 18.7 Å². The van der Waals surface area contributed by atoms with Crippen LogP contribution in [0.5, 0.6) is 0 Å². The molecule has 1 aromatic rings. The number of hydrogen-bond acceptors (Lipinski definition) is 2.